The highest BCUT2D eigenvalue weighted by atomic mass is 16.5. The van der Waals surface area contributed by atoms with Crippen molar-refractivity contribution in [2.24, 2.45) is 0 Å². The van der Waals surface area contributed by atoms with Gasteiger partial charge in [-0.15, -0.1) is 0 Å². The molecule has 1 aliphatic heterocycles. The zero-order valence-electron chi connectivity index (χ0n) is 23.1. The van der Waals surface area contributed by atoms with Crippen LogP contribution in [-0.2, 0) is 24.4 Å². The van der Waals surface area contributed by atoms with Crippen molar-refractivity contribution in [1.82, 2.24) is 4.57 Å². The molecule has 6 heteroatoms. The zero-order valence-corrected chi connectivity index (χ0v) is 23.1. The van der Waals surface area contributed by atoms with Crippen molar-refractivity contribution < 1.29 is 19.0 Å². The molecule has 5 rings (SSSR count). The molecule has 0 spiro atoms. The number of rotatable bonds is 11. The minimum atomic E-state index is -0.584. The molecule has 40 heavy (non-hydrogen) atoms. The lowest BCUT2D eigenvalue weighted by atomic mass is 9.89. The van der Waals surface area contributed by atoms with E-state index >= 15 is 0 Å². The number of fused-ring (bicyclic) bond motifs is 3. The van der Waals surface area contributed by atoms with E-state index in [-0.39, 0.29) is 23.6 Å². The van der Waals surface area contributed by atoms with Gasteiger partial charge in [-0.3, -0.25) is 4.79 Å². The number of hydrogen-bond donors (Lipinski definition) is 0. The summed E-state index contributed by atoms with van der Waals surface area (Å²) in [6.45, 7) is 4.92. The summed E-state index contributed by atoms with van der Waals surface area (Å²) in [5.74, 6) is 0.699. The number of carbonyl (C=O) groups excluding carboxylic acids is 1. The van der Waals surface area contributed by atoms with Crippen LogP contribution in [0.2, 0.25) is 0 Å². The number of pyridine rings is 1. The van der Waals surface area contributed by atoms with Crippen LogP contribution in [0.4, 0.5) is 0 Å². The Balaban J connectivity index is 1.57. The maximum atomic E-state index is 13.1. The molecule has 206 valence electrons. The second-order valence-electron chi connectivity index (χ2n) is 10.1. The maximum absolute atomic E-state index is 13.1. The van der Waals surface area contributed by atoms with Gasteiger partial charge in [0.05, 0.1) is 12.3 Å². The number of unbranched alkanes of at least 4 members (excludes halogenated alkanes) is 1. The first-order valence-electron chi connectivity index (χ1n) is 14.0. The van der Waals surface area contributed by atoms with Gasteiger partial charge in [-0.05, 0) is 48.6 Å². The van der Waals surface area contributed by atoms with E-state index in [9.17, 15) is 9.59 Å². The third-order valence-corrected chi connectivity index (χ3v) is 7.23. The normalized spacial score (nSPS) is 13.7. The van der Waals surface area contributed by atoms with Gasteiger partial charge in [0.25, 0.3) is 0 Å². The minimum absolute atomic E-state index is 0.0684. The molecule has 2 heterocycles. The average Bonchev–Trinajstić information content (AvgIpc) is 2.98. The number of hydrogen-bond acceptors (Lipinski definition) is 5. The van der Waals surface area contributed by atoms with Gasteiger partial charge >= 0.3 is 5.97 Å². The first-order valence-corrected chi connectivity index (χ1v) is 14.0. The first-order chi connectivity index (χ1) is 19.6. The highest BCUT2D eigenvalue weighted by Crippen LogP contribution is 2.42. The maximum Gasteiger partial charge on any atom is 0.343 e. The van der Waals surface area contributed by atoms with Gasteiger partial charge < -0.3 is 18.8 Å². The lowest BCUT2D eigenvalue weighted by molar-refractivity contribution is 0.0523. The smallest absolute Gasteiger partial charge is 0.343 e. The van der Waals surface area contributed by atoms with E-state index in [1.807, 2.05) is 66.7 Å². The quantitative estimate of drug-likeness (QED) is 0.190. The fourth-order valence-corrected chi connectivity index (χ4v) is 5.17. The Morgan fingerprint density at radius 1 is 0.875 bits per heavy atom. The van der Waals surface area contributed by atoms with Gasteiger partial charge in [-0.2, -0.15) is 0 Å². The topological polar surface area (TPSA) is 66.8 Å². The van der Waals surface area contributed by atoms with Gasteiger partial charge in [0.1, 0.15) is 18.8 Å². The minimum Gasteiger partial charge on any atom is -0.485 e. The number of aromatic nitrogens is 1. The number of esters is 1. The molecule has 0 saturated carbocycles. The van der Waals surface area contributed by atoms with E-state index in [0.717, 1.165) is 53.6 Å². The van der Waals surface area contributed by atoms with Gasteiger partial charge in [-0.1, -0.05) is 80.4 Å². The average molecular weight is 538 g/mol. The molecule has 0 bridgehead atoms. The molecule has 1 aliphatic rings. The molecule has 1 aromatic heterocycles. The Kier molecular flexibility index (Phi) is 8.65. The van der Waals surface area contributed by atoms with Crippen LogP contribution in [0.1, 0.15) is 66.2 Å². The molecule has 6 nitrogen and oxygen atoms in total. The van der Waals surface area contributed by atoms with Gasteiger partial charge in [0.15, 0.2) is 16.9 Å². The van der Waals surface area contributed by atoms with Crippen molar-refractivity contribution in [3.8, 4) is 22.8 Å². The second-order valence-corrected chi connectivity index (χ2v) is 10.1. The summed E-state index contributed by atoms with van der Waals surface area (Å²) in [5, 5.41) is 0. The van der Waals surface area contributed by atoms with E-state index in [2.05, 4.69) is 17.6 Å². The molecule has 1 unspecified atom stereocenters. The summed E-state index contributed by atoms with van der Waals surface area (Å²) >= 11 is 0. The van der Waals surface area contributed by atoms with Crippen LogP contribution in [0, 0.1) is 0 Å². The van der Waals surface area contributed by atoms with Crippen LogP contribution in [0.3, 0.4) is 0 Å². The lowest BCUT2D eigenvalue weighted by Gasteiger charge is -2.32. The first kappa shape index (κ1) is 27.3. The molecular weight excluding hydrogens is 502 g/mol. The molecule has 0 N–H and O–H groups in total. The number of nitrogens with zero attached hydrogens (tertiary/aromatic N) is 1. The van der Waals surface area contributed by atoms with E-state index in [1.54, 1.807) is 19.2 Å². The Bertz CT molecular complexity index is 1510. The highest BCUT2D eigenvalue weighted by Gasteiger charge is 2.28. The molecule has 0 radical (unpaired) electrons. The zero-order chi connectivity index (χ0) is 27.9. The third kappa shape index (κ3) is 6.12. The summed E-state index contributed by atoms with van der Waals surface area (Å²) in [6, 6.07) is 25.7. The summed E-state index contributed by atoms with van der Waals surface area (Å²) < 4.78 is 19.9. The van der Waals surface area contributed by atoms with Gasteiger partial charge in [0.2, 0.25) is 0 Å². The van der Waals surface area contributed by atoms with Crippen molar-refractivity contribution >= 4 is 5.97 Å². The predicted molar refractivity (Wildman–Crippen MR) is 156 cm³/mol. The monoisotopic (exact) mass is 537 g/mol. The summed E-state index contributed by atoms with van der Waals surface area (Å²) in [6.07, 6.45) is 5.47. The van der Waals surface area contributed by atoms with E-state index in [0.29, 0.717) is 24.7 Å². The Hall–Kier alpha value is -4.32. The van der Waals surface area contributed by atoms with Gasteiger partial charge in [-0.25, -0.2) is 4.79 Å². The van der Waals surface area contributed by atoms with Crippen LogP contribution in [0.5, 0.6) is 11.5 Å². The van der Waals surface area contributed by atoms with Crippen molar-refractivity contribution in [2.45, 2.75) is 58.8 Å². The fraction of sp³-hybridized carbons (Fsp3) is 0.294. The van der Waals surface area contributed by atoms with E-state index in [4.69, 9.17) is 14.2 Å². The van der Waals surface area contributed by atoms with Crippen molar-refractivity contribution in [1.29, 1.82) is 0 Å². The van der Waals surface area contributed by atoms with Gasteiger partial charge in [0, 0.05) is 23.9 Å². The SMILES string of the molecule is CCCCC1Cc2cc(OCc3ccccc3)c(OCc3ccccc3)cc2-c2cc(=O)c(C(=O)OCC)cn21. The largest absolute Gasteiger partial charge is 0.485 e. The number of benzene rings is 3. The van der Waals surface area contributed by atoms with Crippen molar-refractivity contribution in [3.05, 3.63) is 118 Å². The Morgan fingerprint density at radius 3 is 2.10 bits per heavy atom. The molecule has 0 aliphatic carbocycles. The van der Waals surface area contributed by atoms with Crippen LogP contribution < -0.4 is 14.9 Å². The molecular formula is C34H35NO5. The van der Waals surface area contributed by atoms with Crippen LogP contribution in [0.25, 0.3) is 11.3 Å². The van der Waals surface area contributed by atoms with Crippen molar-refractivity contribution in [2.75, 3.05) is 6.61 Å². The standard InChI is InChI=1S/C34H35NO5/c1-3-5-16-27-17-26-18-32(39-22-24-12-8-6-9-13-24)33(40-23-25-14-10-7-11-15-25)19-28(26)30-20-31(36)29(21-35(27)30)34(37)38-4-2/h6-15,18-21,27H,3-5,16-17,22-23H2,1-2H3. The predicted octanol–water partition coefficient (Wildman–Crippen LogP) is 7.14. The molecule has 4 aromatic rings. The number of carbonyl (C=O) groups is 1. The Morgan fingerprint density at radius 2 is 1.50 bits per heavy atom. The summed E-state index contributed by atoms with van der Waals surface area (Å²) in [4.78, 5) is 25.6. The molecule has 0 fully saturated rings. The lowest BCUT2D eigenvalue weighted by Crippen LogP contribution is -2.26. The Labute approximate surface area is 235 Å². The molecule has 1 atom stereocenters. The molecule has 0 saturated heterocycles. The number of ether oxygens (including phenoxy) is 3. The van der Waals surface area contributed by atoms with Crippen LogP contribution in [-0.4, -0.2) is 17.1 Å². The second kappa shape index (κ2) is 12.7. The van der Waals surface area contributed by atoms with Crippen LogP contribution in [0.15, 0.2) is 89.9 Å². The van der Waals surface area contributed by atoms with Crippen LogP contribution >= 0.6 is 0 Å². The van der Waals surface area contributed by atoms with Crippen molar-refractivity contribution in [3.63, 3.8) is 0 Å². The highest BCUT2D eigenvalue weighted by molar-refractivity contribution is 5.89. The molecule has 3 aromatic carbocycles. The summed E-state index contributed by atoms with van der Waals surface area (Å²) in [5.41, 5.74) is 4.62. The third-order valence-electron chi connectivity index (χ3n) is 7.23. The molecule has 0 amide bonds. The summed E-state index contributed by atoms with van der Waals surface area (Å²) in [7, 11) is 0. The fourth-order valence-electron chi connectivity index (χ4n) is 5.17. The van der Waals surface area contributed by atoms with E-state index < -0.39 is 5.97 Å². The van der Waals surface area contributed by atoms with E-state index in [1.165, 1.54) is 0 Å².